The molecule has 0 aromatic carbocycles. The van der Waals surface area contributed by atoms with Crippen molar-refractivity contribution in [2.75, 3.05) is 13.6 Å². The molecule has 1 aliphatic rings. The zero-order valence-electron chi connectivity index (χ0n) is 10.4. The van der Waals surface area contributed by atoms with Crippen LogP contribution in [0.1, 0.15) is 27.2 Å². The lowest BCUT2D eigenvalue weighted by molar-refractivity contribution is -0.132. The zero-order valence-corrected chi connectivity index (χ0v) is 10.4. The van der Waals surface area contributed by atoms with E-state index in [1.165, 1.54) is 0 Å². The molecule has 1 fully saturated rings. The minimum atomic E-state index is -0.124. The van der Waals surface area contributed by atoms with Crippen molar-refractivity contribution in [2.24, 2.45) is 28.1 Å². The third kappa shape index (κ3) is 2.65. The molecule has 2 unspecified atom stereocenters. The molecule has 0 aromatic rings. The summed E-state index contributed by atoms with van der Waals surface area (Å²) in [5.41, 5.74) is 5.62. The first-order valence-electron chi connectivity index (χ1n) is 5.52. The molecule has 0 aromatic heterocycles. The lowest BCUT2D eigenvalue weighted by Gasteiger charge is -2.21. The Morgan fingerprint density at radius 3 is 2.56 bits per heavy atom. The summed E-state index contributed by atoms with van der Waals surface area (Å²) in [7, 11) is 1.76. The molecule has 0 heterocycles. The number of nitrogens with two attached hydrogens (primary N) is 1. The van der Waals surface area contributed by atoms with Gasteiger partial charge in [0.05, 0.1) is 0 Å². The van der Waals surface area contributed by atoms with Crippen LogP contribution in [0.25, 0.3) is 0 Å². The predicted molar refractivity (Wildman–Crippen MR) is 62.1 cm³/mol. The molecule has 0 aliphatic heterocycles. The second-order valence-corrected chi connectivity index (χ2v) is 5.39. The number of hydrogen-bond acceptors (Lipinski definition) is 3. The van der Waals surface area contributed by atoms with Crippen LogP contribution in [0.3, 0.4) is 0 Å². The summed E-state index contributed by atoms with van der Waals surface area (Å²) in [6.07, 6.45) is 0.953. The fourth-order valence-electron chi connectivity index (χ4n) is 1.85. The van der Waals surface area contributed by atoms with Crippen LogP contribution in [0.2, 0.25) is 0 Å². The van der Waals surface area contributed by atoms with E-state index >= 15 is 0 Å². The van der Waals surface area contributed by atoms with Crippen molar-refractivity contribution in [3.8, 4) is 0 Å². The van der Waals surface area contributed by atoms with Gasteiger partial charge < -0.3 is 15.8 Å². The molecular formula is C11H21N3O2. The third-order valence-electron chi connectivity index (χ3n) is 3.36. The normalized spacial score (nSPS) is 25.0. The number of nitrogens with zero attached hydrogens (tertiary/aromatic N) is 2. The number of oxime groups is 1. The van der Waals surface area contributed by atoms with Crippen LogP contribution in [-0.4, -0.2) is 35.4 Å². The fraction of sp³-hybridized carbons (Fsp3) is 0.818. The van der Waals surface area contributed by atoms with Gasteiger partial charge in [0.15, 0.2) is 0 Å². The monoisotopic (exact) mass is 227 g/mol. The van der Waals surface area contributed by atoms with Crippen molar-refractivity contribution < 1.29 is 10.0 Å². The highest BCUT2D eigenvalue weighted by atomic mass is 16.4. The first kappa shape index (κ1) is 12.8. The summed E-state index contributed by atoms with van der Waals surface area (Å²) in [5.74, 6) is 0.329. The van der Waals surface area contributed by atoms with Crippen LogP contribution >= 0.6 is 0 Å². The van der Waals surface area contributed by atoms with Crippen molar-refractivity contribution in [3.63, 3.8) is 0 Å². The number of carbonyl (C=O) groups is 1. The maximum atomic E-state index is 12.0. The second kappa shape index (κ2) is 4.31. The van der Waals surface area contributed by atoms with Gasteiger partial charge in [0.25, 0.3) is 0 Å². The molecule has 0 radical (unpaired) electrons. The third-order valence-corrected chi connectivity index (χ3v) is 3.36. The van der Waals surface area contributed by atoms with E-state index in [9.17, 15) is 4.79 Å². The van der Waals surface area contributed by atoms with Crippen LogP contribution in [0.5, 0.6) is 0 Å². The quantitative estimate of drug-likeness (QED) is 0.324. The molecular weight excluding hydrogens is 206 g/mol. The van der Waals surface area contributed by atoms with Gasteiger partial charge in [-0.3, -0.25) is 4.79 Å². The predicted octanol–water partition coefficient (Wildman–Crippen LogP) is 0.873. The van der Waals surface area contributed by atoms with Gasteiger partial charge in [-0.2, -0.15) is 0 Å². The highest BCUT2D eigenvalue weighted by Gasteiger charge is 2.51. The minimum absolute atomic E-state index is 0.124. The SMILES string of the molecule is CC(CN(C)C(=O)C1CC1(C)C)C(N)=NO. The van der Waals surface area contributed by atoms with Crippen LogP contribution in [-0.2, 0) is 4.79 Å². The van der Waals surface area contributed by atoms with Crippen molar-refractivity contribution in [1.82, 2.24) is 4.90 Å². The summed E-state index contributed by atoms with van der Waals surface area (Å²) in [4.78, 5) is 13.6. The summed E-state index contributed by atoms with van der Waals surface area (Å²) in [5, 5.41) is 11.5. The highest BCUT2D eigenvalue weighted by Crippen LogP contribution is 2.52. The van der Waals surface area contributed by atoms with Crippen LogP contribution < -0.4 is 5.73 Å². The van der Waals surface area contributed by atoms with E-state index in [2.05, 4.69) is 19.0 Å². The van der Waals surface area contributed by atoms with Crippen molar-refractivity contribution in [1.29, 1.82) is 0 Å². The smallest absolute Gasteiger partial charge is 0.226 e. The van der Waals surface area contributed by atoms with Crippen LogP contribution in [0.15, 0.2) is 5.16 Å². The molecule has 1 rings (SSSR count). The van der Waals surface area contributed by atoms with E-state index < -0.39 is 0 Å². The summed E-state index contributed by atoms with van der Waals surface area (Å²) < 4.78 is 0. The summed E-state index contributed by atoms with van der Waals surface area (Å²) in [6, 6.07) is 0. The Bertz CT molecular complexity index is 312. The Labute approximate surface area is 96.3 Å². The molecule has 1 saturated carbocycles. The number of carbonyl (C=O) groups excluding carboxylic acids is 1. The first-order valence-corrected chi connectivity index (χ1v) is 5.52. The average Bonchev–Trinajstić information content (AvgIpc) is 2.85. The lowest BCUT2D eigenvalue weighted by Crippen LogP contribution is -2.37. The minimum Gasteiger partial charge on any atom is -0.409 e. The number of amides is 1. The molecule has 0 bridgehead atoms. The molecule has 1 aliphatic carbocycles. The number of amidine groups is 1. The Balaban J connectivity index is 2.47. The van der Waals surface area contributed by atoms with E-state index in [1.807, 2.05) is 6.92 Å². The zero-order chi connectivity index (χ0) is 12.5. The van der Waals surface area contributed by atoms with E-state index in [4.69, 9.17) is 10.9 Å². The van der Waals surface area contributed by atoms with E-state index in [1.54, 1.807) is 11.9 Å². The van der Waals surface area contributed by atoms with Crippen LogP contribution in [0.4, 0.5) is 0 Å². The molecule has 1 amide bonds. The Morgan fingerprint density at radius 1 is 1.69 bits per heavy atom. The van der Waals surface area contributed by atoms with Gasteiger partial charge in [-0.15, -0.1) is 0 Å². The van der Waals surface area contributed by atoms with E-state index in [-0.39, 0.29) is 29.0 Å². The Kier molecular flexibility index (Phi) is 3.45. The summed E-state index contributed by atoms with van der Waals surface area (Å²) >= 11 is 0. The van der Waals surface area contributed by atoms with Crippen molar-refractivity contribution >= 4 is 11.7 Å². The molecule has 5 heteroatoms. The number of rotatable bonds is 4. The Hall–Kier alpha value is -1.26. The molecule has 92 valence electrons. The first-order chi connectivity index (χ1) is 7.29. The summed E-state index contributed by atoms with van der Waals surface area (Å²) in [6.45, 7) is 6.50. The Morgan fingerprint density at radius 2 is 2.19 bits per heavy atom. The van der Waals surface area contributed by atoms with Gasteiger partial charge >= 0.3 is 0 Å². The van der Waals surface area contributed by atoms with Gasteiger partial charge in [-0.05, 0) is 11.8 Å². The van der Waals surface area contributed by atoms with Crippen molar-refractivity contribution in [3.05, 3.63) is 0 Å². The largest absolute Gasteiger partial charge is 0.409 e. The maximum Gasteiger partial charge on any atom is 0.226 e. The fourth-order valence-corrected chi connectivity index (χ4v) is 1.85. The van der Waals surface area contributed by atoms with Crippen LogP contribution in [0, 0.1) is 17.3 Å². The molecule has 16 heavy (non-hydrogen) atoms. The molecule has 5 nitrogen and oxygen atoms in total. The van der Waals surface area contributed by atoms with Gasteiger partial charge in [-0.1, -0.05) is 25.9 Å². The lowest BCUT2D eigenvalue weighted by atomic mass is 10.1. The molecule has 0 spiro atoms. The van der Waals surface area contributed by atoms with Crippen molar-refractivity contribution in [2.45, 2.75) is 27.2 Å². The van der Waals surface area contributed by atoms with Gasteiger partial charge in [0.1, 0.15) is 5.84 Å². The van der Waals surface area contributed by atoms with E-state index in [0.717, 1.165) is 6.42 Å². The number of hydrogen-bond donors (Lipinski definition) is 2. The van der Waals surface area contributed by atoms with E-state index in [0.29, 0.717) is 6.54 Å². The van der Waals surface area contributed by atoms with Gasteiger partial charge in [0, 0.05) is 25.4 Å². The maximum absolute atomic E-state index is 12.0. The van der Waals surface area contributed by atoms with Gasteiger partial charge in [0.2, 0.25) is 5.91 Å². The topological polar surface area (TPSA) is 78.9 Å². The molecule has 0 saturated heterocycles. The average molecular weight is 227 g/mol. The molecule has 2 atom stereocenters. The van der Waals surface area contributed by atoms with Gasteiger partial charge in [-0.25, -0.2) is 0 Å². The standard InChI is InChI=1S/C11H21N3O2/c1-7(9(12)13-16)6-14(4)10(15)8-5-11(8,2)3/h7-8,16H,5-6H2,1-4H3,(H2,12,13). The second-order valence-electron chi connectivity index (χ2n) is 5.39. The highest BCUT2D eigenvalue weighted by molar-refractivity contribution is 5.85. The molecule has 3 N–H and O–H groups in total.